The van der Waals surface area contributed by atoms with Gasteiger partial charge in [0, 0.05) is 16.8 Å². The standard InChI is InChI=1S/C9H13NO2/c11-10(12)9-7-2-5-1-6(4-7)8(9)3-5/h5-9H,1-4H2. The quantitative estimate of drug-likeness (QED) is 0.440. The molecule has 0 spiro atoms. The lowest BCUT2D eigenvalue weighted by Gasteiger charge is -2.26. The van der Waals surface area contributed by atoms with Crippen LogP contribution in [0.15, 0.2) is 0 Å². The highest BCUT2D eigenvalue weighted by atomic mass is 16.6. The molecule has 0 aromatic carbocycles. The largest absolute Gasteiger partial charge is 0.264 e. The minimum Gasteiger partial charge on any atom is -0.264 e. The highest BCUT2D eigenvalue weighted by Crippen LogP contribution is 2.58. The molecule has 0 aliphatic heterocycles. The lowest BCUT2D eigenvalue weighted by molar-refractivity contribution is -0.539. The lowest BCUT2D eigenvalue weighted by Crippen LogP contribution is -2.34. The first-order valence-corrected chi connectivity index (χ1v) is 4.89. The van der Waals surface area contributed by atoms with Crippen LogP contribution in [-0.2, 0) is 0 Å². The van der Waals surface area contributed by atoms with Crippen LogP contribution in [0.1, 0.15) is 25.7 Å². The average Bonchev–Trinajstić information content (AvgIpc) is 2.38. The van der Waals surface area contributed by atoms with E-state index in [9.17, 15) is 10.1 Å². The first kappa shape index (κ1) is 6.87. The van der Waals surface area contributed by atoms with E-state index in [1.54, 1.807) is 0 Å². The monoisotopic (exact) mass is 167 g/mol. The van der Waals surface area contributed by atoms with Gasteiger partial charge in [-0.25, -0.2) is 0 Å². The van der Waals surface area contributed by atoms with E-state index in [0.717, 1.165) is 31.1 Å². The van der Waals surface area contributed by atoms with E-state index in [0.29, 0.717) is 11.8 Å². The fourth-order valence-corrected chi connectivity index (χ4v) is 4.03. The second-order valence-corrected chi connectivity index (χ2v) is 4.77. The van der Waals surface area contributed by atoms with Crippen molar-refractivity contribution in [3.05, 3.63) is 10.1 Å². The second kappa shape index (κ2) is 2.01. The van der Waals surface area contributed by atoms with E-state index in [4.69, 9.17) is 0 Å². The van der Waals surface area contributed by atoms with Crippen molar-refractivity contribution in [2.24, 2.45) is 23.7 Å². The maximum atomic E-state index is 10.8. The zero-order chi connectivity index (χ0) is 8.29. The summed E-state index contributed by atoms with van der Waals surface area (Å²) in [5, 5.41) is 10.8. The van der Waals surface area contributed by atoms with Crippen LogP contribution in [0, 0.1) is 33.8 Å². The molecule has 0 aromatic heterocycles. The summed E-state index contributed by atoms with van der Waals surface area (Å²) < 4.78 is 0. The predicted octanol–water partition coefficient (Wildman–Crippen LogP) is 1.70. The highest BCUT2D eigenvalue weighted by molar-refractivity contribution is 5.03. The molecule has 4 rings (SSSR count). The molecule has 5 atom stereocenters. The molecule has 66 valence electrons. The van der Waals surface area contributed by atoms with Gasteiger partial charge in [0.2, 0.25) is 6.04 Å². The van der Waals surface area contributed by atoms with Crippen molar-refractivity contribution in [3.63, 3.8) is 0 Å². The molecule has 0 N–H and O–H groups in total. The van der Waals surface area contributed by atoms with Gasteiger partial charge < -0.3 is 0 Å². The third-order valence-electron chi connectivity index (χ3n) is 4.25. The van der Waals surface area contributed by atoms with Gasteiger partial charge in [-0.05, 0) is 37.5 Å². The Morgan fingerprint density at radius 3 is 2.50 bits per heavy atom. The fourth-order valence-electron chi connectivity index (χ4n) is 4.03. The van der Waals surface area contributed by atoms with Crippen LogP contribution in [0.25, 0.3) is 0 Å². The summed E-state index contributed by atoms with van der Waals surface area (Å²) in [4.78, 5) is 10.8. The molecule has 4 fully saturated rings. The lowest BCUT2D eigenvalue weighted by atomic mass is 9.79. The third kappa shape index (κ3) is 0.673. The van der Waals surface area contributed by atoms with Crippen molar-refractivity contribution in [1.82, 2.24) is 0 Å². The third-order valence-corrected chi connectivity index (χ3v) is 4.25. The summed E-state index contributed by atoms with van der Waals surface area (Å²) in [7, 11) is 0. The van der Waals surface area contributed by atoms with Crippen LogP contribution >= 0.6 is 0 Å². The van der Waals surface area contributed by atoms with Gasteiger partial charge in [-0.2, -0.15) is 0 Å². The van der Waals surface area contributed by atoms with Crippen LogP contribution in [0.3, 0.4) is 0 Å². The zero-order valence-electron chi connectivity index (χ0n) is 6.98. The number of nitro groups is 1. The number of rotatable bonds is 1. The molecule has 4 bridgehead atoms. The van der Waals surface area contributed by atoms with E-state index in [1.807, 2.05) is 0 Å². The van der Waals surface area contributed by atoms with E-state index in [-0.39, 0.29) is 11.0 Å². The zero-order valence-corrected chi connectivity index (χ0v) is 6.98. The van der Waals surface area contributed by atoms with E-state index < -0.39 is 0 Å². The minimum absolute atomic E-state index is 0.00310. The molecule has 4 aliphatic carbocycles. The van der Waals surface area contributed by atoms with Crippen LogP contribution in [-0.4, -0.2) is 11.0 Å². The van der Waals surface area contributed by atoms with Crippen LogP contribution < -0.4 is 0 Å². The first-order chi connectivity index (χ1) is 5.75. The van der Waals surface area contributed by atoms with Gasteiger partial charge in [-0.1, -0.05) is 0 Å². The molecule has 4 saturated carbocycles. The number of nitrogens with zero attached hydrogens (tertiary/aromatic N) is 1. The molecule has 0 aromatic rings. The topological polar surface area (TPSA) is 43.1 Å². The second-order valence-electron chi connectivity index (χ2n) is 4.77. The maximum Gasteiger partial charge on any atom is 0.218 e. The summed E-state index contributed by atoms with van der Waals surface area (Å²) in [6, 6.07) is -0.159. The van der Waals surface area contributed by atoms with E-state index in [2.05, 4.69) is 0 Å². The van der Waals surface area contributed by atoms with Crippen molar-refractivity contribution in [1.29, 1.82) is 0 Å². The molecule has 0 radical (unpaired) electrons. The Balaban J connectivity index is 1.94. The fraction of sp³-hybridized carbons (Fsp3) is 1.00. The van der Waals surface area contributed by atoms with Gasteiger partial charge in [0.25, 0.3) is 0 Å². The summed E-state index contributed by atoms with van der Waals surface area (Å²) in [5.41, 5.74) is 0. The molecule has 12 heavy (non-hydrogen) atoms. The van der Waals surface area contributed by atoms with Crippen LogP contribution in [0.2, 0.25) is 0 Å². The Kier molecular flexibility index (Phi) is 1.15. The first-order valence-electron chi connectivity index (χ1n) is 4.89. The minimum atomic E-state index is -0.159. The SMILES string of the molecule is O=[N+]([O-])C1C2CC3CC(C2)C1C3. The number of hydrogen-bond acceptors (Lipinski definition) is 2. The van der Waals surface area contributed by atoms with Crippen LogP contribution in [0.5, 0.6) is 0 Å². The van der Waals surface area contributed by atoms with Crippen molar-refractivity contribution in [2.75, 3.05) is 0 Å². The number of hydrogen-bond donors (Lipinski definition) is 0. The van der Waals surface area contributed by atoms with Crippen molar-refractivity contribution in [3.8, 4) is 0 Å². The molecule has 4 aliphatic rings. The molecular weight excluding hydrogens is 154 g/mol. The van der Waals surface area contributed by atoms with Gasteiger partial charge in [0.05, 0.1) is 0 Å². The molecular formula is C9H13NO2. The molecule has 0 amide bonds. The van der Waals surface area contributed by atoms with Gasteiger partial charge in [0.1, 0.15) is 0 Å². The van der Waals surface area contributed by atoms with Crippen molar-refractivity contribution in [2.45, 2.75) is 31.7 Å². The van der Waals surface area contributed by atoms with Gasteiger partial charge in [-0.15, -0.1) is 0 Å². The Morgan fingerprint density at radius 2 is 1.83 bits per heavy atom. The Hall–Kier alpha value is -0.600. The maximum absolute atomic E-state index is 10.8. The predicted molar refractivity (Wildman–Crippen MR) is 43.2 cm³/mol. The van der Waals surface area contributed by atoms with Gasteiger partial charge in [0.15, 0.2) is 0 Å². The van der Waals surface area contributed by atoms with Gasteiger partial charge in [-0.3, -0.25) is 10.1 Å². The summed E-state index contributed by atoms with van der Waals surface area (Å²) in [6.45, 7) is 0. The summed E-state index contributed by atoms with van der Waals surface area (Å²) in [5.74, 6) is 2.49. The Labute approximate surface area is 71.3 Å². The van der Waals surface area contributed by atoms with Crippen LogP contribution in [0.4, 0.5) is 0 Å². The average molecular weight is 167 g/mol. The molecule has 3 heteroatoms. The smallest absolute Gasteiger partial charge is 0.218 e. The summed E-state index contributed by atoms with van der Waals surface area (Å²) >= 11 is 0. The molecule has 0 saturated heterocycles. The normalized spacial score (nSPS) is 54.8. The highest BCUT2D eigenvalue weighted by Gasteiger charge is 2.59. The van der Waals surface area contributed by atoms with Crippen molar-refractivity contribution >= 4 is 0 Å². The summed E-state index contributed by atoms with van der Waals surface area (Å²) in [6.07, 6.45) is 4.77. The Bertz CT molecular complexity index is 237. The van der Waals surface area contributed by atoms with E-state index in [1.165, 1.54) is 6.42 Å². The molecule has 5 unspecified atom stereocenters. The molecule has 3 nitrogen and oxygen atoms in total. The van der Waals surface area contributed by atoms with Gasteiger partial charge >= 0.3 is 0 Å². The van der Waals surface area contributed by atoms with E-state index >= 15 is 0 Å². The van der Waals surface area contributed by atoms with Crippen molar-refractivity contribution < 1.29 is 4.92 Å². The molecule has 0 heterocycles. The Morgan fingerprint density at radius 1 is 1.08 bits per heavy atom.